The first-order valence-electron chi connectivity index (χ1n) is 15.0. The average molecular weight is 774 g/mol. The molecular formula is C41H32Cl2Hf. The summed E-state index contributed by atoms with van der Waals surface area (Å²) in [5, 5.41) is 5.55. The molecule has 8 rings (SSSR count). The Morgan fingerprint density at radius 2 is 1.11 bits per heavy atom. The predicted molar refractivity (Wildman–Crippen MR) is 176 cm³/mol. The van der Waals surface area contributed by atoms with Gasteiger partial charge in [0.15, 0.2) is 0 Å². The Kier molecular flexibility index (Phi) is 8.75. The van der Waals surface area contributed by atoms with Crippen molar-refractivity contribution < 1.29 is 45.8 Å². The van der Waals surface area contributed by atoms with Crippen molar-refractivity contribution in [3.63, 3.8) is 0 Å². The van der Waals surface area contributed by atoms with Gasteiger partial charge in [-0.15, -0.1) is 0 Å². The van der Waals surface area contributed by atoms with Crippen molar-refractivity contribution >= 4 is 24.8 Å². The van der Waals surface area contributed by atoms with Gasteiger partial charge in [0.05, 0.1) is 0 Å². The van der Waals surface area contributed by atoms with Gasteiger partial charge in [-0.05, 0) is 0 Å². The molecule has 0 N–H and O–H groups in total. The predicted octanol–water partition coefficient (Wildman–Crippen LogP) is 4.42. The van der Waals surface area contributed by atoms with Crippen molar-refractivity contribution in [2.45, 2.75) is 23.9 Å². The first-order valence-corrected chi connectivity index (χ1v) is 20.6. The second-order valence-electron chi connectivity index (χ2n) is 11.7. The molecule has 0 nitrogen and oxygen atoms in total. The van der Waals surface area contributed by atoms with Crippen molar-refractivity contribution in [1.82, 2.24) is 0 Å². The molecule has 0 saturated carbocycles. The summed E-state index contributed by atoms with van der Waals surface area (Å²) >= 11 is -2.99. The largest absolute Gasteiger partial charge is 1.00 e. The van der Waals surface area contributed by atoms with Gasteiger partial charge < -0.3 is 24.8 Å². The third-order valence-corrected chi connectivity index (χ3v) is 21.2. The van der Waals surface area contributed by atoms with E-state index in [1.807, 2.05) is 0 Å². The first-order chi connectivity index (χ1) is 20.7. The molecule has 0 saturated heterocycles. The molecule has 0 fully saturated rings. The molecule has 0 aliphatic heterocycles. The molecule has 0 heterocycles. The van der Waals surface area contributed by atoms with Crippen LogP contribution in [0, 0.1) is 13.8 Å². The van der Waals surface area contributed by atoms with E-state index in [9.17, 15) is 0 Å². The van der Waals surface area contributed by atoms with Gasteiger partial charge in [0.25, 0.3) is 0 Å². The Labute approximate surface area is 280 Å². The van der Waals surface area contributed by atoms with E-state index in [-0.39, 0.29) is 24.8 Å². The van der Waals surface area contributed by atoms with Gasteiger partial charge in [0, 0.05) is 0 Å². The molecule has 6 aromatic carbocycles. The molecule has 2 aliphatic carbocycles. The van der Waals surface area contributed by atoms with Crippen LogP contribution in [0.15, 0.2) is 143 Å². The number of halogens is 2. The van der Waals surface area contributed by atoms with E-state index < -0.39 is 21.0 Å². The molecule has 0 aromatic heterocycles. The molecule has 0 radical (unpaired) electrons. The van der Waals surface area contributed by atoms with Gasteiger partial charge >= 0.3 is 257 Å². The van der Waals surface area contributed by atoms with Crippen LogP contribution in [0.25, 0.3) is 32.7 Å². The van der Waals surface area contributed by atoms with Crippen LogP contribution >= 0.6 is 0 Å². The van der Waals surface area contributed by atoms with Crippen molar-refractivity contribution in [2.24, 2.45) is 0 Å². The normalized spacial score (nSPS) is 14.2. The fourth-order valence-electron chi connectivity index (χ4n) is 7.25. The number of hydrogen-bond donors (Lipinski definition) is 0. The average Bonchev–Trinajstić information content (AvgIpc) is 3.69. The molecule has 1 atom stereocenters. The SMILES string of the molecule is Cc1ccc([C](c2ccc(C)cc2)=[Hf+2]([C]2=CC=CC2)[CH]2c3ccccc3-c3c2c2ccccc2c2ccccc32)cc1.[Cl-].[Cl-]. The number of allylic oxidation sites excluding steroid dienone is 4. The van der Waals surface area contributed by atoms with Gasteiger partial charge in [0.1, 0.15) is 0 Å². The standard InChI is InChI=1S/C21H13.C15H14.C5H5.2ClH.Hf/c1-2-8-15-14(7-1)13-20-18-11-4-3-9-16(18)17-10-5-6-12-19(17)21(15)20;1-12-3-7-14(8-4-12)11-15-9-5-13(2)6-10-15;1-2-4-5-3-1;;;/h1-13H;3-10H,1-2H3;1-3H,4H2;2*1H;/q;;;;;+2/p-2. The summed E-state index contributed by atoms with van der Waals surface area (Å²) in [5.41, 5.74) is 11.4. The molecule has 1 unspecified atom stereocenters. The third kappa shape index (κ3) is 5.00. The second kappa shape index (κ2) is 12.6. The zero-order valence-electron chi connectivity index (χ0n) is 24.8. The minimum absolute atomic E-state index is 0. The van der Waals surface area contributed by atoms with Gasteiger partial charge in [-0.3, -0.25) is 0 Å². The summed E-state index contributed by atoms with van der Waals surface area (Å²) in [7, 11) is 0. The van der Waals surface area contributed by atoms with Crippen LogP contribution < -0.4 is 24.8 Å². The molecular weight excluding hydrogens is 742 g/mol. The summed E-state index contributed by atoms with van der Waals surface area (Å²) in [6.07, 6.45) is 8.24. The van der Waals surface area contributed by atoms with Gasteiger partial charge in [0.2, 0.25) is 0 Å². The molecule has 0 amide bonds. The van der Waals surface area contributed by atoms with Crippen LogP contribution in [0.5, 0.6) is 0 Å². The topological polar surface area (TPSA) is 0 Å². The maximum Gasteiger partial charge on any atom is -1.00 e. The smallest absolute Gasteiger partial charge is 1.00 e. The maximum atomic E-state index is 2.48. The number of fused-ring (bicyclic) bond motifs is 8. The van der Waals surface area contributed by atoms with Crippen LogP contribution in [0.4, 0.5) is 0 Å². The summed E-state index contributed by atoms with van der Waals surface area (Å²) in [6.45, 7) is 4.39. The molecule has 3 heteroatoms. The number of aryl methyl sites for hydroxylation is 2. The van der Waals surface area contributed by atoms with E-state index in [1.54, 1.807) is 12.1 Å². The van der Waals surface area contributed by atoms with E-state index in [0.717, 1.165) is 6.42 Å². The molecule has 0 bridgehead atoms. The minimum atomic E-state index is -2.99. The molecule has 0 spiro atoms. The molecule has 2 aliphatic rings. The van der Waals surface area contributed by atoms with Crippen molar-refractivity contribution in [3.8, 4) is 11.1 Å². The zero-order chi connectivity index (χ0) is 28.2. The monoisotopic (exact) mass is 774 g/mol. The molecule has 44 heavy (non-hydrogen) atoms. The van der Waals surface area contributed by atoms with Crippen LogP contribution in [-0.2, 0) is 21.0 Å². The summed E-state index contributed by atoms with van der Waals surface area (Å²) in [4.78, 5) is 0. The Balaban J connectivity index is 0.00000171. The number of hydrogen-bond acceptors (Lipinski definition) is 0. The minimum Gasteiger partial charge on any atom is -1.00 e. The van der Waals surface area contributed by atoms with Crippen molar-refractivity contribution in [1.29, 1.82) is 0 Å². The van der Waals surface area contributed by atoms with Gasteiger partial charge in [-0.1, -0.05) is 0 Å². The van der Waals surface area contributed by atoms with E-state index in [4.69, 9.17) is 0 Å². The third-order valence-electron chi connectivity index (χ3n) is 9.16. The van der Waals surface area contributed by atoms with Crippen LogP contribution in [-0.4, -0.2) is 3.26 Å². The Hall–Kier alpha value is -3.36. The molecule has 6 aromatic rings. The van der Waals surface area contributed by atoms with Crippen molar-refractivity contribution in [2.75, 3.05) is 0 Å². The van der Waals surface area contributed by atoms with E-state index >= 15 is 0 Å². The number of benzene rings is 6. The van der Waals surface area contributed by atoms with Crippen LogP contribution in [0.3, 0.4) is 0 Å². The summed E-state index contributed by atoms with van der Waals surface area (Å²) in [5.74, 6) is 0. The van der Waals surface area contributed by atoms with E-state index in [0.29, 0.717) is 3.67 Å². The fourth-order valence-corrected chi connectivity index (χ4v) is 20.5. The van der Waals surface area contributed by atoms with Crippen LogP contribution in [0.1, 0.15) is 43.5 Å². The van der Waals surface area contributed by atoms with E-state index in [1.165, 1.54) is 60.5 Å². The van der Waals surface area contributed by atoms with Crippen molar-refractivity contribution in [3.05, 3.63) is 176 Å². The molecule has 214 valence electrons. The second-order valence-corrected chi connectivity index (χ2v) is 20.9. The summed E-state index contributed by atoms with van der Waals surface area (Å²) in [6, 6.07) is 46.3. The first kappa shape index (κ1) is 30.7. The Morgan fingerprint density at radius 3 is 1.70 bits per heavy atom. The Morgan fingerprint density at radius 1 is 0.591 bits per heavy atom. The summed E-state index contributed by atoms with van der Waals surface area (Å²) < 4.78 is 3.72. The van der Waals surface area contributed by atoms with Crippen LogP contribution in [0.2, 0.25) is 0 Å². The Bertz CT molecular complexity index is 2070. The fraction of sp³-hybridized carbons (Fsp3) is 0.0976. The zero-order valence-corrected chi connectivity index (χ0v) is 29.9. The quantitative estimate of drug-likeness (QED) is 0.184. The maximum absolute atomic E-state index is 2.99. The van der Waals surface area contributed by atoms with E-state index in [2.05, 4.69) is 153 Å². The number of rotatable bonds is 4. The van der Waals surface area contributed by atoms with Gasteiger partial charge in [-0.25, -0.2) is 0 Å². The van der Waals surface area contributed by atoms with Gasteiger partial charge in [-0.2, -0.15) is 0 Å².